The Bertz CT molecular complexity index is 2410. The number of ether oxygens (including phenoxy) is 6. The molecule has 0 aromatic rings. The Labute approximate surface area is 665 Å². The summed E-state index contributed by atoms with van der Waals surface area (Å²) in [6, 6.07) is -1.01. The van der Waals surface area contributed by atoms with E-state index in [-0.39, 0.29) is 18.9 Å². The monoisotopic (exact) mass is 1550 g/mol. The summed E-state index contributed by atoms with van der Waals surface area (Å²) in [4.78, 5) is 13.5. The largest absolute Gasteiger partial charge is 0.394 e. The predicted octanol–water partition coefficient (Wildman–Crippen LogP) is 16.5. The summed E-state index contributed by atoms with van der Waals surface area (Å²) >= 11 is 0. The lowest BCUT2D eigenvalue weighted by molar-refractivity contribution is -0.379. The minimum absolute atomic E-state index is 0.226. The van der Waals surface area contributed by atoms with E-state index in [9.17, 15) is 61.0 Å². The van der Waals surface area contributed by atoms with Crippen LogP contribution in [0.3, 0.4) is 0 Å². The number of carbonyl (C=O) groups excluding carboxylic acids is 1. The molecule has 0 bridgehead atoms. The maximum Gasteiger partial charge on any atom is 0.220 e. The van der Waals surface area contributed by atoms with Crippen LogP contribution in [-0.2, 0) is 33.2 Å². The van der Waals surface area contributed by atoms with Gasteiger partial charge >= 0.3 is 0 Å². The van der Waals surface area contributed by atoms with Gasteiger partial charge in [0.05, 0.1) is 38.6 Å². The fraction of sp³-hybridized carbons (Fsp3) is 0.791. The van der Waals surface area contributed by atoms with Gasteiger partial charge in [-0.05, 0) is 96.3 Å². The highest BCUT2D eigenvalue weighted by molar-refractivity contribution is 5.76. The second-order valence-electron chi connectivity index (χ2n) is 31.0. The number of aliphatic hydroxyl groups is 11. The van der Waals surface area contributed by atoms with E-state index >= 15 is 0 Å². The quantitative estimate of drug-likeness (QED) is 0.0199. The number of aliphatic hydroxyl groups excluding tert-OH is 11. The Balaban J connectivity index is 1.36. The summed E-state index contributed by atoms with van der Waals surface area (Å²) in [5.74, 6) is -0.291. The lowest BCUT2D eigenvalue weighted by atomic mass is 9.96. The SMILES string of the molecule is CC/C=C\C/C=C\C/C=C\C/C=C\C/C=C\C/C=C\CCCCCCCCCCCCCCCCC(=O)NC(COC1OC(CO)C(OC2OC(CO)C(OC3OC(CO)C(O)C(O)C3O)C(O)C2O)C(O)C1O)C(O)/C=C/CC/C=C/CC/C=C/CCCCCCCCCCCCCCCCCCCCCCCC. The highest BCUT2D eigenvalue weighted by atomic mass is 16.8. The molecule has 17 atom stereocenters. The smallest absolute Gasteiger partial charge is 0.220 e. The molecule has 0 aromatic carbocycles. The zero-order chi connectivity index (χ0) is 79.5. The van der Waals surface area contributed by atoms with Gasteiger partial charge in [0.15, 0.2) is 18.9 Å². The standard InChI is InChI=1S/C91H159NO18/c1-3-5-7-9-11-13-15-17-19-21-23-25-27-29-31-33-35-37-39-41-43-45-47-49-51-53-55-57-59-61-63-65-67-69-79(97)92-74(75(96)68-66-64-62-60-58-56-54-52-50-48-46-44-42-40-38-36-34-32-30-28-26-24-22-20-18-16-14-12-10-8-6-4-2)73-105-89-85(103)82(100)87(77(71-94)107-89)110-91-86(104)83(101)88(78(72-95)108-91)109-90-84(102)81(99)80(98)76(70-93)106-90/h5,7,11,13,17,19,23,25,29,31,35,37,50,52,58,60,66,68,74-78,80-91,93-96,98-104H,3-4,6,8-10,12,14-16,18,20-22,24,26-28,30,32-34,36,38-49,51,53-57,59,61-65,67,69-73H2,1-2H3,(H,92,97)/b7-5-,13-11-,19-17-,25-23-,31-29-,37-35-,52-50+,60-58+,68-66+. The molecule has 17 unspecified atom stereocenters. The molecule has 12 N–H and O–H groups in total. The van der Waals surface area contributed by atoms with E-state index in [4.69, 9.17) is 28.4 Å². The topological polar surface area (TPSA) is 307 Å². The van der Waals surface area contributed by atoms with Crippen LogP contribution in [0.5, 0.6) is 0 Å². The number of rotatable bonds is 70. The summed E-state index contributed by atoms with van der Waals surface area (Å²) in [5.41, 5.74) is 0. The molecule has 3 aliphatic rings. The van der Waals surface area contributed by atoms with Crippen molar-refractivity contribution in [2.24, 2.45) is 0 Å². The van der Waals surface area contributed by atoms with Gasteiger partial charge in [-0.2, -0.15) is 0 Å². The van der Waals surface area contributed by atoms with Gasteiger partial charge in [-0.25, -0.2) is 0 Å². The summed E-state index contributed by atoms with van der Waals surface area (Å²) in [6.07, 6.45) is 70.9. The molecule has 3 saturated heterocycles. The molecule has 0 spiro atoms. The first-order chi connectivity index (χ1) is 53.8. The van der Waals surface area contributed by atoms with Crippen molar-refractivity contribution in [1.29, 1.82) is 0 Å². The minimum Gasteiger partial charge on any atom is -0.394 e. The number of nitrogens with one attached hydrogen (secondary N) is 1. The van der Waals surface area contributed by atoms with Crippen LogP contribution in [0, 0.1) is 0 Å². The number of allylic oxidation sites excluding steroid dienone is 17. The lowest BCUT2D eigenvalue weighted by Gasteiger charge is -2.48. The number of amides is 1. The fourth-order valence-corrected chi connectivity index (χ4v) is 14.3. The van der Waals surface area contributed by atoms with Crippen LogP contribution in [0.4, 0.5) is 0 Å². The van der Waals surface area contributed by atoms with Crippen molar-refractivity contribution >= 4 is 5.91 Å². The van der Waals surface area contributed by atoms with Gasteiger partial charge in [0.1, 0.15) is 73.2 Å². The summed E-state index contributed by atoms with van der Waals surface area (Å²) in [7, 11) is 0. The van der Waals surface area contributed by atoms with Gasteiger partial charge in [-0.15, -0.1) is 0 Å². The Morgan fingerprint density at radius 3 is 1.02 bits per heavy atom. The molecule has 0 saturated carbocycles. The van der Waals surface area contributed by atoms with Crippen LogP contribution in [-0.4, -0.2) is 193 Å². The molecule has 0 radical (unpaired) electrons. The second-order valence-corrected chi connectivity index (χ2v) is 31.0. The van der Waals surface area contributed by atoms with Crippen LogP contribution in [0.1, 0.15) is 328 Å². The number of unbranched alkanes of at least 4 members (excludes halogenated alkanes) is 38. The highest BCUT2D eigenvalue weighted by Crippen LogP contribution is 2.33. The van der Waals surface area contributed by atoms with Gasteiger partial charge in [-0.1, -0.05) is 335 Å². The molecule has 19 nitrogen and oxygen atoms in total. The van der Waals surface area contributed by atoms with E-state index < -0.39 is 124 Å². The molecule has 1 amide bonds. The molecule has 110 heavy (non-hydrogen) atoms. The zero-order valence-electron chi connectivity index (χ0n) is 68.5. The van der Waals surface area contributed by atoms with Gasteiger partial charge in [-0.3, -0.25) is 4.79 Å². The van der Waals surface area contributed by atoms with E-state index in [1.165, 1.54) is 199 Å². The number of hydrogen-bond donors (Lipinski definition) is 12. The maximum absolute atomic E-state index is 13.5. The van der Waals surface area contributed by atoms with E-state index in [0.29, 0.717) is 12.8 Å². The molecule has 3 rings (SSSR count). The van der Waals surface area contributed by atoms with Crippen LogP contribution < -0.4 is 5.32 Å². The first-order valence-corrected chi connectivity index (χ1v) is 44.1. The zero-order valence-corrected chi connectivity index (χ0v) is 68.5. The maximum atomic E-state index is 13.5. The van der Waals surface area contributed by atoms with Crippen LogP contribution in [0.15, 0.2) is 109 Å². The Kier molecular flexibility index (Phi) is 63.8. The molecule has 19 heteroatoms. The lowest BCUT2D eigenvalue weighted by Crippen LogP contribution is -2.66. The minimum atomic E-state index is -1.99. The van der Waals surface area contributed by atoms with Crippen molar-refractivity contribution < 1.29 is 89.4 Å². The molecule has 0 aliphatic carbocycles. The van der Waals surface area contributed by atoms with E-state index in [2.05, 4.69) is 116 Å². The van der Waals surface area contributed by atoms with Crippen LogP contribution in [0.25, 0.3) is 0 Å². The summed E-state index contributed by atoms with van der Waals surface area (Å²) < 4.78 is 34.5. The first-order valence-electron chi connectivity index (χ1n) is 44.1. The van der Waals surface area contributed by atoms with Crippen molar-refractivity contribution in [3.05, 3.63) is 109 Å². The third kappa shape index (κ3) is 48.1. The van der Waals surface area contributed by atoms with Crippen LogP contribution >= 0.6 is 0 Å². The molecule has 636 valence electrons. The molecule has 0 aromatic heterocycles. The Morgan fingerprint density at radius 1 is 0.336 bits per heavy atom. The van der Waals surface area contributed by atoms with Gasteiger partial charge in [0, 0.05) is 6.42 Å². The predicted molar refractivity (Wildman–Crippen MR) is 443 cm³/mol. The number of hydrogen-bond acceptors (Lipinski definition) is 18. The third-order valence-electron chi connectivity index (χ3n) is 21.3. The van der Waals surface area contributed by atoms with E-state index in [0.717, 1.165) is 96.3 Å². The van der Waals surface area contributed by atoms with Gasteiger partial charge in [0.2, 0.25) is 5.91 Å². The van der Waals surface area contributed by atoms with Crippen molar-refractivity contribution in [3.8, 4) is 0 Å². The highest BCUT2D eigenvalue weighted by Gasteiger charge is 2.54. The summed E-state index contributed by atoms with van der Waals surface area (Å²) in [6.45, 7) is 1.63. The van der Waals surface area contributed by atoms with Gasteiger partial charge in [0.25, 0.3) is 0 Å². The average molecular weight is 1560 g/mol. The Morgan fingerprint density at radius 2 is 0.636 bits per heavy atom. The van der Waals surface area contributed by atoms with E-state index in [1.807, 2.05) is 6.08 Å². The molecule has 3 heterocycles. The third-order valence-corrected chi connectivity index (χ3v) is 21.3. The summed E-state index contributed by atoms with van der Waals surface area (Å²) in [5, 5.41) is 121. The molecular weight excluding hydrogens is 1390 g/mol. The van der Waals surface area contributed by atoms with E-state index in [1.54, 1.807) is 6.08 Å². The number of carbonyl (C=O) groups is 1. The average Bonchev–Trinajstić information content (AvgIpc) is 0.780. The first kappa shape index (κ1) is 101. The van der Waals surface area contributed by atoms with Gasteiger partial charge < -0.3 is 89.9 Å². The second kappa shape index (κ2) is 69.7. The van der Waals surface area contributed by atoms with Crippen LogP contribution in [0.2, 0.25) is 0 Å². The fourth-order valence-electron chi connectivity index (χ4n) is 14.3. The molecule has 3 fully saturated rings. The van der Waals surface area contributed by atoms with Crippen molar-refractivity contribution in [1.82, 2.24) is 5.32 Å². The molecular formula is C91H159NO18. The van der Waals surface area contributed by atoms with Crippen molar-refractivity contribution in [3.63, 3.8) is 0 Å². The Hall–Kier alpha value is -3.55. The van der Waals surface area contributed by atoms with Crippen molar-refractivity contribution in [2.45, 2.75) is 433 Å². The van der Waals surface area contributed by atoms with Crippen molar-refractivity contribution in [2.75, 3.05) is 26.4 Å². The molecule has 3 aliphatic heterocycles. The normalized spacial score (nSPS) is 25.7.